The van der Waals surface area contributed by atoms with Gasteiger partial charge < -0.3 is 14.7 Å². The van der Waals surface area contributed by atoms with Crippen LogP contribution < -0.4 is 4.90 Å². The molecule has 0 spiro atoms. The maximum Gasteiger partial charge on any atom is 0.128 e. The van der Waals surface area contributed by atoms with E-state index in [0.29, 0.717) is 6.54 Å². The van der Waals surface area contributed by atoms with Gasteiger partial charge in [0.2, 0.25) is 0 Å². The van der Waals surface area contributed by atoms with Gasteiger partial charge in [0.1, 0.15) is 5.82 Å². The van der Waals surface area contributed by atoms with Crippen LogP contribution in [0.15, 0.2) is 24.4 Å². The Morgan fingerprint density at radius 3 is 3.00 bits per heavy atom. The lowest BCUT2D eigenvalue weighted by molar-refractivity contribution is -0.101. The summed E-state index contributed by atoms with van der Waals surface area (Å²) >= 11 is 0. The number of nitrogens with zero attached hydrogens (tertiary/aromatic N) is 2. The molecule has 0 amide bonds. The van der Waals surface area contributed by atoms with Gasteiger partial charge in [0.25, 0.3) is 0 Å². The molecule has 0 saturated carbocycles. The SMILES string of the molecule is CC1(C)CN(c2ccccn2)CC(CO)O1. The molecule has 0 aromatic carbocycles. The maximum atomic E-state index is 9.22. The standard InChI is InChI=1S/C12H18N2O2/c1-12(2)9-14(7-10(8-15)16-12)11-5-3-4-6-13-11/h3-6,10,15H,7-9H2,1-2H3. The highest BCUT2D eigenvalue weighted by molar-refractivity contribution is 5.39. The van der Waals surface area contributed by atoms with Gasteiger partial charge in [-0.25, -0.2) is 4.98 Å². The molecule has 1 saturated heterocycles. The van der Waals surface area contributed by atoms with Crippen molar-refractivity contribution in [2.24, 2.45) is 0 Å². The van der Waals surface area contributed by atoms with Crippen LogP contribution in [-0.4, -0.2) is 41.5 Å². The molecule has 88 valence electrons. The minimum Gasteiger partial charge on any atom is -0.394 e. The lowest BCUT2D eigenvalue weighted by atomic mass is 10.1. The summed E-state index contributed by atoms with van der Waals surface area (Å²) in [4.78, 5) is 6.48. The molecule has 16 heavy (non-hydrogen) atoms. The van der Waals surface area contributed by atoms with E-state index >= 15 is 0 Å². The second-order valence-electron chi connectivity index (χ2n) is 4.75. The normalized spacial score (nSPS) is 24.4. The Morgan fingerprint density at radius 1 is 1.56 bits per heavy atom. The number of aliphatic hydroxyl groups is 1. The largest absolute Gasteiger partial charge is 0.394 e. The molecule has 1 aliphatic rings. The number of anilines is 1. The van der Waals surface area contributed by atoms with Crippen molar-refractivity contribution in [3.63, 3.8) is 0 Å². The summed E-state index contributed by atoms with van der Waals surface area (Å²) in [6.07, 6.45) is 1.65. The molecule has 0 radical (unpaired) electrons. The number of hydrogen-bond acceptors (Lipinski definition) is 4. The molecule has 2 rings (SSSR count). The molecule has 1 N–H and O–H groups in total. The highest BCUT2D eigenvalue weighted by Gasteiger charge is 2.33. The van der Waals surface area contributed by atoms with E-state index in [1.807, 2.05) is 32.0 Å². The van der Waals surface area contributed by atoms with E-state index in [9.17, 15) is 5.11 Å². The van der Waals surface area contributed by atoms with Crippen molar-refractivity contribution in [3.8, 4) is 0 Å². The molecule has 1 unspecified atom stereocenters. The molecular formula is C12H18N2O2. The first-order valence-corrected chi connectivity index (χ1v) is 5.55. The van der Waals surface area contributed by atoms with E-state index in [1.165, 1.54) is 0 Å². The van der Waals surface area contributed by atoms with Crippen molar-refractivity contribution in [1.29, 1.82) is 0 Å². The second kappa shape index (κ2) is 4.39. The molecule has 4 nitrogen and oxygen atoms in total. The third kappa shape index (κ3) is 2.51. The predicted octanol–water partition coefficient (Wildman–Crippen LogP) is 1.06. The van der Waals surface area contributed by atoms with Crippen LogP contribution in [0.5, 0.6) is 0 Å². The summed E-state index contributed by atoms with van der Waals surface area (Å²) < 4.78 is 5.76. The van der Waals surface area contributed by atoms with Crippen molar-refractivity contribution in [2.45, 2.75) is 25.6 Å². The molecule has 1 fully saturated rings. The molecule has 0 aliphatic carbocycles. The summed E-state index contributed by atoms with van der Waals surface area (Å²) in [5.74, 6) is 0.942. The zero-order valence-corrected chi connectivity index (χ0v) is 9.76. The fourth-order valence-electron chi connectivity index (χ4n) is 2.11. The first kappa shape index (κ1) is 11.4. The third-order valence-corrected chi connectivity index (χ3v) is 2.66. The fourth-order valence-corrected chi connectivity index (χ4v) is 2.11. The van der Waals surface area contributed by atoms with Crippen molar-refractivity contribution < 1.29 is 9.84 Å². The number of ether oxygens (including phenoxy) is 1. The van der Waals surface area contributed by atoms with Gasteiger partial charge in [-0.3, -0.25) is 0 Å². The van der Waals surface area contributed by atoms with Gasteiger partial charge in [-0.2, -0.15) is 0 Å². The Balaban J connectivity index is 2.16. The summed E-state index contributed by atoms with van der Waals surface area (Å²) in [7, 11) is 0. The summed E-state index contributed by atoms with van der Waals surface area (Å²) in [5.41, 5.74) is -0.247. The average molecular weight is 222 g/mol. The van der Waals surface area contributed by atoms with Gasteiger partial charge >= 0.3 is 0 Å². The Bertz CT molecular complexity index is 340. The summed E-state index contributed by atoms with van der Waals surface area (Å²) in [6.45, 7) is 5.60. The zero-order chi connectivity index (χ0) is 11.6. The Morgan fingerprint density at radius 2 is 2.38 bits per heavy atom. The molecule has 1 atom stereocenters. The minimum atomic E-state index is -0.247. The van der Waals surface area contributed by atoms with Gasteiger partial charge in [0, 0.05) is 19.3 Å². The summed E-state index contributed by atoms with van der Waals surface area (Å²) in [5, 5.41) is 9.22. The zero-order valence-electron chi connectivity index (χ0n) is 9.76. The Kier molecular flexibility index (Phi) is 3.12. The highest BCUT2D eigenvalue weighted by atomic mass is 16.5. The number of pyridine rings is 1. The van der Waals surface area contributed by atoms with Crippen molar-refractivity contribution in [3.05, 3.63) is 24.4 Å². The number of morpholine rings is 1. The van der Waals surface area contributed by atoms with Crippen LogP contribution in [0.3, 0.4) is 0 Å². The van der Waals surface area contributed by atoms with E-state index in [0.717, 1.165) is 12.4 Å². The molecule has 2 heterocycles. The van der Waals surface area contributed by atoms with Crippen molar-refractivity contribution in [1.82, 2.24) is 4.98 Å². The van der Waals surface area contributed by atoms with Gasteiger partial charge in [-0.1, -0.05) is 6.07 Å². The molecule has 1 aromatic rings. The van der Waals surface area contributed by atoms with Crippen LogP contribution >= 0.6 is 0 Å². The average Bonchev–Trinajstić information content (AvgIpc) is 2.28. The van der Waals surface area contributed by atoms with Crippen LogP contribution in [0.4, 0.5) is 5.82 Å². The first-order valence-electron chi connectivity index (χ1n) is 5.55. The quantitative estimate of drug-likeness (QED) is 0.812. The predicted molar refractivity (Wildman–Crippen MR) is 62.5 cm³/mol. The van der Waals surface area contributed by atoms with Crippen LogP contribution in [0, 0.1) is 0 Å². The second-order valence-corrected chi connectivity index (χ2v) is 4.75. The maximum absolute atomic E-state index is 9.22. The fraction of sp³-hybridized carbons (Fsp3) is 0.583. The van der Waals surface area contributed by atoms with E-state index in [4.69, 9.17) is 4.74 Å². The number of aliphatic hydroxyl groups excluding tert-OH is 1. The lowest BCUT2D eigenvalue weighted by Gasteiger charge is -2.42. The van der Waals surface area contributed by atoms with Crippen molar-refractivity contribution >= 4 is 5.82 Å². The van der Waals surface area contributed by atoms with Crippen LogP contribution in [0.2, 0.25) is 0 Å². The first-order chi connectivity index (χ1) is 7.61. The molecule has 1 aromatic heterocycles. The topological polar surface area (TPSA) is 45.6 Å². The van der Waals surface area contributed by atoms with E-state index < -0.39 is 0 Å². The molecule has 0 bridgehead atoms. The van der Waals surface area contributed by atoms with E-state index in [-0.39, 0.29) is 18.3 Å². The van der Waals surface area contributed by atoms with Gasteiger partial charge in [0.05, 0.1) is 18.3 Å². The van der Waals surface area contributed by atoms with Crippen LogP contribution in [0.1, 0.15) is 13.8 Å². The van der Waals surface area contributed by atoms with E-state index in [1.54, 1.807) is 6.20 Å². The Hall–Kier alpha value is -1.13. The van der Waals surface area contributed by atoms with Crippen molar-refractivity contribution in [2.75, 3.05) is 24.6 Å². The smallest absolute Gasteiger partial charge is 0.128 e. The van der Waals surface area contributed by atoms with Crippen LogP contribution in [-0.2, 0) is 4.74 Å². The van der Waals surface area contributed by atoms with E-state index in [2.05, 4.69) is 9.88 Å². The molecular weight excluding hydrogens is 204 g/mol. The lowest BCUT2D eigenvalue weighted by Crippen LogP contribution is -2.54. The number of aromatic nitrogens is 1. The van der Waals surface area contributed by atoms with Gasteiger partial charge in [0.15, 0.2) is 0 Å². The Labute approximate surface area is 95.9 Å². The number of rotatable bonds is 2. The molecule has 4 heteroatoms. The monoisotopic (exact) mass is 222 g/mol. The molecule has 1 aliphatic heterocycles. The van der Waals surface area contributed by atoms with Crippen LogP contribution in [0.25, 0.3) is 0 Å². The minimum absolute atomic E-state index is 0.0484. The number of hydrogen-bond donors (Lipinski definition) is 1. The van der Waals surface area contributed by atoms with Gasteiger partial charge in [-0.05, 0) is 26.0 Å². The third-order valence-electron chi connectivity index (χ3n) is 2.66. The van der Waals surface area contributed by atoms with Gasteiger partial charge in [-0.15, -0.1) is 0 Å². The highest BCUT2D eigenvalue weighted by Crippen LogP contribution is 2.24. The summed E-state index contributed by atoms with van der Waals surface area (Å²) in [6, 6.07) is 5.85.